The molecule has 0 spiro atoms. The number of anilines is 2. The van der Waals surface area contributed by atoms with Gasteiger partial charge in [0, 0.05) is 24.4 Å². The summed E-state index contributed by atoms with van der Waals surface area (Å²) in [5, 5.41) is 2.81. The fourth-order valence-electron chi connectivity index (χ4n) is 3.15. The molecule has 7 nitrogen and oxygen atoms in total. The third-order valence-corrected chi connectivity index (χ3v) is 6.77. The Hall–Kier alpha value is -3.52. The molecule has 3 aromatic rings. The number of rotatable bonds is 5. The first-order valence-electron chi connectivity index (χ1n) is 9.71. The van der Waals surface area contributed by atoms with Crippen LogP contribution in [0, 0.1) is 6.92 Å². The van der Waals surface area contributed by atoms with Gasteiger partial charge in [-0.3, -0.25) is 9.10 Å². The van der Waals surface area contributed by atoms with Crippen molar-refractivity contribution >= 4 is 27.3 Å². The molecule has 0 aliphatic carbocycles. The molecule has 31 heavy (non-hydrogen) atoms. The van der Waals surface area contributed by atoms with Crippen LogP contribution >= 0.6 is 0 Å². The number of nitrogens with one attached hydrogen (secondary N) is 1. The summed E-state index contributed by atoms with van der Waals surface area (Å²) >= 11 is 0. The van der Waals surface area contributed by atoms with E-state index in [4.69, 9.17) is 9.47 Å². The van der Waals surface area contributed by atoms with Gasteiger partial charge in [0.15, 0.2) is 11.5 Å². The molecule has 0 saturated carbocycles. The minimum Gasteiger partial charge on any atom is -0.486 e. The Bertz CT molecular complexity index is 1210. The fraction of sp³-hybridized carbons (Fsp3) is 0.174. The number of hydrogen-bond donors (Lipinski definition) is 1. The van der Waals surface area contributed by atoms with Gasteiger partial charge in [-0.25, -0.2) is 8.42 Å². The van der Waals surface area contributed by atoms with Gasteiger partial charge in [0.05, 0.1) is 10.6 Å². The van der Waals surface area contributed by atoms with Crippen LogP contribution in [0.25, 0.3) is 0 Å². The summed E-state index contributed by atoms with van der Waals surface area (Å²) in [6.07, 6.45) is 0. The molecule has 1 aliphatic rings. The van der Waals surface area contributed by atoms with Gasteiger partial charge in [-0.2, -0.15) is 0 Å². The van der Waals surface area contributed by atoms with Gasteiger partial charge in [-0.15, -0.1) is 0 Å². The first kappa shape index (κ1) is 20.7. The van der Waals surface area contributed by atoms with Crippen molar-refractivity contribution in [3.8, 4) is 11.5 Å². The molecule has 0 saturated heterocycles. The highest BCUT2D eigenvalue weighted by molar-refractivity contribution is 7.92. The van der Waals surface area contributed by atoms with E-state index in [1.165, 1.54) is 11.4 Å². The van der Waals surface area contributed by atoms with Gasteiger partial charge in [0.25, 0.3) is 15.9 Å². The number of nitrogens with zero attached hydrogens (tertiary/aromatic N) is 1. The Labute approximate surface area is 181 Å². The second kappa shape index (κ2) is 8.31. The molecule has 3 aromatic carbocycles. The lowest BCUT2D eigenvalue weighted by atomic mass is 10.2. The highest BCUT2D eigenvalue weighted by Gasteiger charge is 2.21. The molecule has 4 rings (SSSR count). The number of amides is 1. The van der Waals surface area contributed by atoms with Crippen molar-refractivity contribution in [3.05, 3.63) is 77.9 Å². The second-order valence-corrected chi connectivity index (χ2v) is 9.11. The molecule has 0 radical (unpaired) electrons. The Morgan fingerprint density at radius 1 is 0.903 bits per heavy atom. The number of hydrogen-bond acceptors (Lipinski definition) is 5. The van der Waals surface area contributed by atoms with Crippen molar-refractivity contribution in [3.63, 3.8) is 0 Å². The summed E-state index contributed by atoms with van der Waals surface area (Å²) in [5.74, 6) is 0.918. The van der Waals surface area contributed by atoms with Crippen LogP contribution in [0.5, 0.6) is 11.5 Å². The van der Waals surface area contributed by atoms with Gasteiger partial charge in [0.2, 0.25) is 0 Å². The van der Waals surface area contributed by atoms with Gasteiger partial charge in [-0.05, 0) is 55.5 Å². The lowest BCUT2D eigenvalue weighted by Crippen LogP contribution is -2.26. The molecule has 0 aromatic heterocycles. The topological polar surface area (TPSA) is 84.9 Å². The molecule has 1 heterocycles. The molecule has 0 fully saturated rings. The normalized spacial score (nSPS) is 12.8. The molecule has 0 bridgehead atoms. The van der Waals surface area contributed by atoms with Gasteiger partial charge in [-0.1, -0.05) is 17.7 Å². The Morgan fingerprint density at radius 2 is 1.55 bits per heavy atom. The highest BCUT2D eigenvalue weighted by Crippen LogP contribution is 2.32. The van der Waals surface area contributed by atoms with Crippen LogP contribution in [0.3, 0.4) is 0 Å². The predicted molar refractivity (Wildman–Crippen MR) is 119 cm³/mol. The molecule has 0 atom stereocenters. The third kappa shape index (κ3) is 4.34. The lowest BCUT2D eigenvalue weighted by molar-refractivity contribution is 0.102. The molecule has 0 unspecified atom stereocenters. The van der Waals surface area contributed by atoms with Crippen LogP contribution < -0.4 is 19.1 Å². The van der Waals surface area contributed by atoms with E-state index in [9.17, 15) is 13.2 Å². The quantitative estimate of drug-likeness (QED) is 0.654. The largest absolute Gasteiger partial charge is 0.486 e. The number of sulfonamides is 1. The number of aryl methyl sites for hydroxylation is 1. The van der Waals surface area contributed by atoms with Crippen LogP contribution in [-0.4, -0.2) is 34.6 Å². The Kier molecular flexibility index (Phi) is 5.56. The van der Waals surface area contributed by atoms with Crippen molar-refractivity contribution in [2.45, 2.75) is 11.8 Å². The predicted octanol–water partition coefficient (Wildman–Crippen LogP) is 3.84. The highest BCUT2D eigenvalue weighted by atomic mass is 32.2. The molecular formula is C23H22N2O5S. The molecule has 1 N–H and O–H groups in total. The van der Waals surface area contributed by atoms with Gasteiger partial charge < -0.3 is 14.8 Å². The summed E-state index contributed by atoms with van der Waals surface area (Å²) in [6, 6.07) is 18.2. The summed E-state index contributed by atoms with van der Waals surface area (Å²) in [6.45, 7) is 2.86. The van der Waals surface area contributed by atoms with Crippen molar-refractivity contribution in [1.82, 2.24) is 0 Å². The van der Waals surface area contributed by atoms with Crippen LogP contribution in [-0.2, 0) is 10.0 Å². The van der Waals surface area contributed by atoms with Gasteiger partial charge >= 0.3 is 0 Å². The standard InChI is InChI=1S/C23H22N2O5S/c1-16-3-10-20(11-4-16)31(27,28)25(2)19-8-5-17(6-9-19)23(26)24-18-7-12-21-22(15-18)30-14-13-29-21/h3-12,15H,13-14H2,1-2H3,(H,24,26). The maximum atomic E-state index is 12.8. The van der Waals surface area contributed by atoms with E-state index < -0.39 is 10.0 Å². The van der Waals surface area contributed by atoms with E-state index in [1.54, 1.807) is 66.7 Å². The van der Waals surface area contributed by atoms with E-state index >= 15 is 0 Å². The summed E-state index contributed by atoms with van der Waals surface area (Å²) < 4.78 is 37.9. The summed E-state index contributed by atoms with van der Waals surface area (Å²) in [5.41, 5.74) is 2.42. The SMILES string of the molecule is Cc1ccc(S(=O)(=O)N(C)c2ccc(C(=O)Nc3ccc4c(c3)OCCO4)cc2)cc1. The Morgan fingerprint density at radius 3 is 2.23 bits per heavy atom. The number of fused-ring (bicyclic) bond motifs is 1. The van der Waals surface area contributed by atoms with E-state index in [0.717, 1.165) is 5.56 Å². The summed E-state index contributed by atoms with van der Waals surface area (Å²) in [7, 11) is -2.21. The summed E-state index contributed by atoms with van der Waals surface area (Å²) in [4.78, 5) is 12.8. The molecular weight excluding hydrogens is 416 g/mol. The Balaban J connectivity index is 1.48. The van der Waals surface area contributed by atoms with Crippen LogP contribution in [0.2, 0.25) is 0 Å². The van der Waals surface area contributed by atoms with Crippen molar-refractivity contribution < 1.29 is 22.7 Å². The zero-order valence-corrected chi connectivity index (χ0v) is 18.0. The number of carbonyl (C=O) groups is 1. The van der Waals surface area contributed by atoms with Crippen molar-refractivity contribution in [2.24, 2.45) is 0 Å². The third-order valence-electron chi connectivity index (χ3n) is 4.97. The second-order valence-electron chi connectivity index (χ2n) is 7.15. The zero-order valence-electron chi connectivity index (χ0n) is 17.2. The van der Waals surface area contributed by atoms with E-state index in [2.05, 4.69) is 5.32 Å². The van der Waals surface area contributed by atoms with Crippen molar-refractivity contribution in [1.29, 1.82) is 0 Å². The maximum absolute atomic E-state index is 12.8. The first-order chi connectivity index (χ1) is 14.8. The average molecular weight is 439 g/mol. The van der Waals surface area contributed by atoms with Crippen LogP contribution in [0.1, 0.15) is 15.9 Å². The minimum absolute atomic E-state index is 0.209. The molecule has 8 heteroatoms. The van der Waals surface area contributed by atoms with Crippen LogP contribution in [0.15, 0.2) is 71.6 Å². The smallest absolute Gasteiger partial charge is 0.264 e. The first-order valence-corrected chi connectivity index (χ1v) is 11.2. The molecule has 1 aliphatic heterocycles. The lowest BCUT2D eigenvalue weighted by Gasteiger charge is -2.20. The average Bonchev–Trinajstić information content (AvgIpc) is 2.79. The number of ether oxygens (including phenoxy) is 2. The minimum atomic E-state index is -3.69. The van der Waals surface area contributed by atoms with E-state index in [1.807, 2.05) is 6.92 Å². The fourth-order valence-corrected chi connectivity index (χ4v) is 4.35. The van der Waals surface area contributed by atoms with E-state index in [0.29, 0.717) is 41.7 Å². The maximum Gasteiger partial charge on any atom is 0.264 e. The monoisotopic (exact) mass is 438 g/mol. The number of benzene rings is 3. The molecule has 160 valence electrons. The molecule has 1 amide bonds. The van der Waals surface area contributed by atoms with E-state index in [-0.39, 0.29) is 10.8 Å². The zero-order chi connectivity index (χ0) is 22.0. The number of carbonyl (C=O) groups excluding carboxylic acids is 1. The van der Waals surface area contributed by atoms with Crippen LogP contribution in [0.4, 0.5) is 11.4 Å². The van der Waals surface area contributed by atoms with Gasteiger partial charge in [0.1, 0.15) is 13.2 Å². The van der Waals surface area contributed by atoms with Crippen molar-refractivity contribution in [2.75, 3.05) is 29.9 Å².